The molecule has 0 amide bonds. The third-order valence-corrected chi connectivity index (χ3v) is 2.70. The lowest BCUT2D eigenvalue weighted by Gasteiger charge is -2.08. The number of halogens is 1. The first-order chi connectivity index (χ1) is 9.13. The molecule has 1 aromatic carbocycles. The van der Waals surface area contributed by atoms with Crippen LogP contribution in [-0.4, -0.2) is 17.1 Å². The van der Waals surface area contributed by atoms with Crippen LogP contribution in [-0.2, 0) is 6.42 Å². The van der Waals surface area contributed by atoms with Crippen molar-refractivity contribution in [2.24, 2.45) is 5.84 Å². The predicted molar refractivity (Wildman–Crippen MR) is 70.3 cm³/mol. The second-order valence-electron chi connectivity index (χ2n) is 4.06. The third kappa shape index (κ3) is 2.97. The van der Waals surface area contributed by atoms with Crippen LogP contribution in [0.1, 0.15) is 17.1 Å². The van der Waals surface area contributed by atoms with Gasteiger partial charge in [-0.3, -0.25) is 0 Å². The van der Waals surface area contributed by atoms with Crippen LogP contribution < -0.4 is 16.0 Å². The molecular formula is C13H15FN4O. The Morgan fingerprint density at radius 2 is 2.16 bits per heavy atom. The maximum atomic E-state index is 13.6. The van der Waals surface area contributed by atoms with E-state index in [-0.39, 0.29) is 11.5 Å². The average Bonchev–Trinajstić information content (AvgIpc) is 2.43. The van der Waals surface area contributed by atoms with Crippen molar-refractivity contribution in [3.8, 4) is 5.75 Å². The highest BCUT2D eigenvalue weighted by atomic mass is 19.1. The standard InChI is InChI=1S/C13H15FN4O/c1-8-12(14)13(18-15)17-11(16-8)7-9-4-3-5-10(6-9)19-2/h3-6H,7,15H2,1-2H3,(H,16,17,18). The Balaban J connectivity index is 2.30. The zero-order chi connectivity index (χ0) is 13.8. The summed E-state index contributed by atoms with van der Waals surface area (Å²) in [6.07, 6.45) is 0.479. The molecule has 0 saturated heterocycles. The number of nitrogens with two attached hydrogens (primary N) is 1. The van der Waals surface area contributed by atoms with Crippen molar-refractivity contribution in [3.63, 3.8) is 0 Å². The van der Waals surface area contributed by atoms with Crippen LogP contribution in [0.3, 0.4) is 0 Å². The van der Waals surface area contributed by atoms with Crippen LogP contribution in [0.25, 0.3) is 0 Å². The van der Waals surface area contributed by atoms with Crippen LogP contribution in [0.2, 0.25) is 0 Å². The molecule has 3 N–H and O–H groups in total. The van der Waals surface area contributed by atoms with Crippen LogP contribution in [0.4, 0.5) is 10.2 Å². The zero-order valence-corrected chi connectivity index (χ0v) is 10.8. The Hall–Kier alpha value is -2.21. The molecular weight excluding hydrogens is 247 g/mol. The predicted octanol–water partition coefficient (Wildman–Crippen LogP) is 1.81. The van der Waals surface area contributed by atoms with Gasteiger partial charge in [-0.1, -0.05) is 12.1 Å². The fourth-order valence-corrected chi connectivity index (χ4v) is 1.76. The Kier molecular flexibility index (Phi) is 3.91. The Morgan fingerprint density at radius 3 is 2.84 bits per heavy atom. The summed E-state index contributed by atoms with van der Waals surface area (Å²) in [6.45, 7) is 1.58. The number of aryl methyl sites for hydroxylation is 1. The number of aromatic nitrogens is 2. The summed E-state index contributed by atoms with van der Waals surface area (Å²) in [5, 5.41) is 0. The second kappa shape index (κ2) is 5.62. The molecule has 1 heterocycles. The van der Waals surface area contributed by atoms with Gasteiger partial charge < -0.3 is 10.2 Å². The van der Waals surface area contributed by atoms with Gasteiger partial charge in [-0.15, -0.1) is 0 Å². The molecule has 0 aliphatic heterocycles. The van der Waals surface area contributed by atoms with Gasteiger partial charge in [0.25, 0.3) is 0 Å². The van der Waals surface area contributed by atoms with Gasteiger partial charge in [0.2, 0.25) is 0 Å². The van der Waals surface area contributed by atoms with Crippen molar-refractivity contribution in [2.45, 2.75) is 13.3 Å². The SMILES string of the molecule is COc1cccc(Cc2nc(C)c(F)c(NN)n2)c1. The summed E-state index contributed by atoms with van der Waals surface area (Å²) in [4.78, 5) is 8.15. The van der Waals surface area contributed by atoms with Gasteiger partial charge in [-0.25, -0.2) is 20.2 Å². The quantitative estimate of drug-likeness (QED) is 0.649. The number of ether oxygens (including phenoxy) is 1. The lowest BCUT2D eigenvalue weighted by Crippen LogP contribution is -2.14. The Morgan fingerprint density at radius 1 is 1.37 bits per heavy atom. The van der Waals surface area contributed by atoms with Crippen molar-refractivity contribution in [1.82, 2.24) is 9.97 Å². The summed E-state index contributed by atoms with van der Waals surface area (Å²) < 4.78 is 18.7. The lowest BCUT2D eigenvalue weighted by molar-refractivity contribution is 0.414. The Labute approximate surface area is 110 Å². The number of benzene rings is 1. The van der Waals surface area contributed by atoms with E-state index in [4.69, 9.17) is 10.6 Å². The van der Waals surface area contributed by atoms with Gasteiger partial charge in [-0.2, -0.15) is 0 Å². The average molecular weight is 262 g/mol. The van der Waals surface area contributed by atoms with E-state index in [2.05, 4.69) is 15.4 Å². The molecule has 5 nitrogen and oxygen atoms in total. The van der Waals surface area contributed by atoms with Crippen molar-refractivity contribution < 1.29 is 9.13 Å². The number of nitrogens with zero attached hydrogens (tertiary/aromatic N) is 2. The molecule has 2 aromatic rings. The number of hydrogen-bond donors (Lipinski definition) is 2. The van der Waals surface area contributed by atoms with Crippen LogP contribution in [0, 0.1) is 12.7 Å². The number of nitrogens with one attached hydrogen (secondary N) is 1. The molecule has 1 aromatic heterocycles. The summed E-state index contributed by atoms with van der Waals surface area (Å²) in [6, 6.07) is 7.55. The van der Waals surface area contributed by atoms with E-state index in [0.29, 0.717) is 12.2 Å². The highest BCUT2D eigenvalue weighted by Gasteiger charge is 2.11. The second-order valence-corrected chi connectivity index (χ2v) is 4.06. The number of hydrazine groups is 1. The minimum atomic E-state index is -0.531. The summed E-state index contributed by atoms with van der Waals surface area (Å²) in [5.74, 6) is 5.96. The Bertz CT molecular complexity index is 589. The number of methoxy groups -OCH3 is 1. The highest BCUT2D eigenvalue weighted by Crippen LogP contribution is 2.17. The molecule has 0 fully saturated rings. The molecule has 100 valence electrons. The van der Waals surface area contributed by atoms with Crippen molar-refractivity contribution in [2.75, 3.05) is 12.5 Å². The van der Waals surface area contributed by atoms with E-state index in [1.54, 1.807) is 14.0 Å². The van der Waals surface area contributed by atoms with Gasteiger partial charge in [0.15, 0.2) is 11.6 Å². The smallest absolute Gasteiger partial charge is 0.187 e. The van der Waals surface area contributed by atoms with Gasteiger partial charge in [0, 0.05) is 6.42 Å². The number of nitrogen functional groups attached to an aromatic ring is 1. The fraction of sp³-hybridized carbons (Fsp3) is 0.231. The monoisotopic (exact) mass is 262 g/mol. The maximum absolute atomic E-state index is 13.6. The summed E-state index contributed by atoms with van der Waals surface area (Å²) >= 11 is 0. The topological polar surface area (TPSA) is 73.1 Å². The molecule has 0 bridgehead atoms. The molecule has 0 aliphatic carbocycles. The minimum absolute atomic E-state index is 0.00500. The van der Waals surface area contributed by atoms with Crippen LogP contribution >= 0.6 is 0 Å². The van der Waals surface area contributed by atoms with Crippen molar-refractivity contribution in [3.05, 3.63) is 47.2 Å². The molecule has 0 spiro atoms. The lowest BCUT2D eigenvalue weighted by atomic mass is 10.1. The van der Waals surface area contributed by atoms with Gasteiger partial charge in [-0.05, 0) is 24.6 Å². The van der Waals surface area contributed by atoms with E-state index in [1.165, 1.54) is 0 Å². The van der Waals surface area contributed by atoms with Crippen molar-refractivity contribution in [1.29, 1.82) is 0 Å². The molecule has 2 rings (SSSR count). The number of anilines is 1. The first-order valence-electron chi connectivity index (χ1n) is 5.76. The first kappa shape index (κ1) is 13.2. The molecule has 0 radical (unpaired) electrons. The van der Waals surface area contributed by atoms with E-state index >= 15 is 0 Å². The fourth-order valence-electron chi connectivity index (χ4n) is 1.76. The van der Waals surface area contributed by atoms with E-state index in [9.17, 15) is 4.39 Å². The largest absolute Gasteiger partial charge is 0.497 e. The van der Waals surface area contributed by atoms with E-state index < -0.39 is 5.82 Å². The molecule has 6 heteroatoms. The van der Waals surface area contributed by atoms with E-state index in [1.807, 2.05) is 24.3 Å². The summed E-state index contributed by atoms with van der Waals surface area (Å²) in [7, 11) is 1.61. The first-order valence-corrected chi connectivity index (χ1v) is 5.76. The highest BCUT2D eigenvalue weighted by molar-refractivity contribution is 5.38. The van der Waals surface area contributed by atoms with Gasteiger partial charge >= 0.3 is 0 Å². The van der Waals surface area contributed by atoms with Gasteiger partial charge in [0.1, 0.15) is 11.6 Å². The number of rotatable bonds is 4. The summed E-state index contributed by atoms with van der Waals surface area (Å²) in [5.41, 5.74) is 3.48. The van der Waals surface area contributed by atoms with Crippen LogP contribution in [0.5, 0.6) is 5.75 Å². The third-order valence-electron chi connectivity index (χ3n) is 2.70. The molecule has 0 unspecified atom stereocenters. The van der Waals surface area contributed by atoms with E-state index in [0.717, 1.165) is 11.3 Å². The minimum Gasteiger partial charge on any atom is -0.497 e. The van der Waals surface area contributed by atoms with Crippen molar-refractivity contribution >= 4 is 5.82 Å². The zero-order valence-electron chi connectivity index (χ0n) is 10.8. The molecule has 19 heavy (non-hydrogen) atoms. The van der Waals surface area contributed by atoms with Crippen LogP contribution in [0.15, 0.2) is 24.3 Å². The maximum Gasteiger partial charge on any atom is 0.187 e. The molecule has 0 atom stereocenters. The molecule has 0 aliphatic rings. The normalized spacial score (nSPS) is 10.3. The number of hydrogen-bond acceptors (Lipinski definition) is 5. The van der Waals surface area contributed by atoms with Gasteiger partial charge in [0.05, 0.1) is 12.8 Å². The molecule has 0 saturated carbocycles.